The van der Waals surface area contributed by atoms with E-state index in [0.717, 1.165) is 22.0 Å². The van der Waals surface area contributed by atoms with E-state index in [-0.39, 0.29) is 0 Å². The normalized spacial score (nSPS) is 13.3. The number of para-hydroxylation sites is 1. The number of nitrogens with one attached hydrogen (secondary N) is 1. The number of hydrogen-bond donors (Lipinski definition) is 1. The minimum atomic E-state index is 0.325. The maximum absolute atomic E-state index is 5.83. The molecule has 0 aliphatic rings. The maximum atomic E-state index is 5.83. The monoisotopic (exact) mass is 284 g/mol. The minimum absolute atomic E-state index is 0.325. The summed E-state index contributed by atoms with van der Waals surface area (Å²) in [5.41, 5.74) is 1.02. The van der Waals surface area contributed by atoms with Gasteiger partial charge in [-0.25, -0.2) is 4.98 Å². The van der Waals surface area contributed by atoms with Gasteiger partial charge in [0.05, 0.1) is 10.2 Å². The number of likely N-dealkylation sites (N-methyl/N-ethyl adjacent to an activating group) is 1. The van der Waals surface area contributed by atoms with Crippen LogP contribution in [0.5, 0.6) is 0 Å². The van der Waals surface area contributed by atoms with E-state index < -0.39 is 0 Å². The Kier molecular flexibility index (Phi) is 3.67. The van der Waals surface area contributed by atoms with E-state index in [1.54, 1.807) is 11.3 Å². The first-order valence-corrected chi connectivity index (χ1v) is 7.39. The summed E-state index contributed by atoms with van der Waals surface area (Å²) in [4.78, 5) is 4.60. The molecule has 2 aromatic heterocycles. The molecule has 0 saturated carbocycles. The van der Waals surface area contributed by atoms with E-state index in [4.69, 9.17) is 4.42 Å². The van der Waals surface area contributed by atoms with Crippen LogP contribution in [0.25, 0.3) is 27.1 Å². The molecule has 0 saturated heterocycles. The molecule has 3 rings (SSSR count). The average Bonchev–Trinajstić information content (AvgIpc) is 3.10. The SMILES string of the molecule is CNC(C)/C=C/c1ccc(-c2nc3ccccc3s2)o1. The Labute approximate surface area is 122 Å². The fourth-order valence-corrected chi connectivity index (χ4v) is 2.80. The van der Waals surface area contributed by atoms with Crippen LogP contribution in [0.15, 0.2) is 46.9 Å². The zero-order valence-corrected chi connectivity index (χ0v) is 12.3. The summed E-state index contributed by atoms with van der Waals surface area (Å²) in [5.74, 6) is 1.67. The Bertz CT molecular complexity index is 709. The number of hydrogen-bond acceptors (Lipinski definition) is 4. The molecule has 2 heterocycles. The summed E-state index contributed by atoms with van der Waals surface area (Å²) in [5, 5.41) is 4.08. The third-order valence-corrected chi connectivity index (χ3v) is 4.19. The third kappa shape index (κ3) is 2.66. The Morgan fingerprint density at radius 1 is 1.25 bits per heavy atom. The summed E-state index contributed by atoms with van der Waals surface area (Å²) in [7, 11) is 1.93. The van der Waals surface area contributed by atoms with Gasteiger partial charge in [0.1, 0.15) is 5.76 Å². The van der Waals surface area contributed by atoms with Crippen molar-refractivity contribution in [2.45, 2.75) is 13.0 Å². The molecule has 3 aromatic rings. The van der Waals surface area contributed by atoms with E-state index in [1.807, 2.05) is 43.5 Å². The van der Waals surface area contributed by atoms with E-state index in [1.165, 1.54) is 4.70 Å². The molecule has 1 unspecified atom stereocenters. The lowest BCUT2D eigenvalue weighted by molar-refractivity contribution is 0.570. The highest BCUT2D eigenvalue weighted by molar-refractivity contribution is 7.21. The number of benzene rings is 1. The van der Waals surface area contributed by atoms with E-state index in [2.05, 4.69) is 29.4 Å². The number of fused-ring (bicyclic) bond motifs is 1. The van der Waals surface area contributed by atoms with E-state index in [0.29, 0.717) is 6.04 Å². The van der Waals surface area contributed by atoms with Crippen LogP contribution in [0.4, 0.5) is 0 Å². The van der Waals surface area contributed by atoms with Crippen molar-refractivity contribution >= 4 is 27.6 Å². The molecule has 0 spiro atoms. The Morgan fingerprint density at radius 3 is 2.90 bits per heavy atom. The van der Waals surface area contributed by atoms with Gasteiger partial charge in [-0.1, -0.05) is 18.2 Å². The Morgan fingerprint density at radius 2 is 2.10 bits per heavy atom. The van der Waals surface area contributed by atoms with Gasteiger partial charge in [-0.05, 0) is 44.3 Å². The fourth-order valence-electron chi connectivity index (χ4n) is 1.87. The largest absolute Gasteiger partial charge is 0.454 e. The number of nitrogens with zero attached hydrogens (tertiary/aromatic N) is 1. The maximum Gasteiger partial charge on any atom is 0.163 e. The second-order valence-electron chi connectivity index (χ2n) is 4.63. The topological polar surface area (TPSA) is 38.1 Å². The zero-order chi connectivity index (χ0) is 13.9. The molecular weight excluding hydrogens is 268 g/mol. The first-order chi connectivity index (χ1) is 9.76. The van der Waals surface area contributed by atoms with Crippen LogP contribution in [0.3, 0.4) is 0 Å². The summed E-state index contributed by atoms with van der Waals surface area (Å²) in [6.45, 7) is 2.09. The van der Waals surface area contributed by atoms with Crippen LogP contribution in [-0.4, -0.2) is 18.1 Å². The quantitative estimate of drug-likeness (QED) is 0.781. The molecule has 1 N–H and O–H groups in total. The Hall–Kier alpha value is -1.91. The van der Waals surface area contributed by atoms with Crippen LogP contribution in [0, 0.1) is 0 Å². The molecule has 1 atom stereocenters. The van der Waals surface area contributed by atoms with Crippen LogP contribution in [0.2, 0.25) is 0 Å². The Balaban J connectivity index is 1.87. The molecule has 0 fully saturated rings. The molecule has 0 aliphatic heterocycles. The molecule has 0 amide bonds. The first-order valence-electron chi connectivity index (χ1n) is 6.57. The van der Waals surface area contributed by atoms with Crippen molar-refractivity contribution in [3.8, 4) is 10.8 Å². The molecule has 20 heavy (non-hydrogen) atoms. The second kappa shape index (κ2) is 5.61. The highest BCUT2D eigenvalue weighted by Gasteiger charge is 2.09. The van der Waals surface area contributed by atoms with E-state index in [9.17, 15) is 0 Å². The summed E-state index contributed by atoms with van der Waals surface area (Å²) in [6.07, 6.45) is 4.05. The van der Waals surface area contributed by atoms with Crippen molar-refractivity contribution in [1.29, 1.82) is 0 Å². The number of aromatic nitrogens is 1. The van der Waals surface area contributed by atoms with Crippen LogP contribution in [0.1, 0.15) is 12.7 Å². The third-order valence-electron chi connectivity index (χ3n) is 3.14. The molecule has 102 valence electrons. The van der Waals surface area contributed by atoms with E-state index >= 15 is 0 Å². The molecule has 3 nitrogen and oxygen atoms in total. The molecule has 0 bridgehead atoms. The van der Waals surface area contributed by atoms with Gasteiger partial charge in [0.15, 0.2) is 10.8 Å². The summed E-state index contributed by atoms with van der Waals surface area (Å²) in [6, 6.07) is 12.4. The van der Waals surface area contributed by atoms with Gasteiger partial charge in [0, 0.05) is 6.04 Å². The van der Waals surface area contributed by atoms with Gasteiger partial charge in [-0.15, -0.1) is 11.3 Å². The van der Waals surface area contributed by atoms with Gasteiger partial charge in [-0.3, -0.25) is 0 Å². The van der Waals surface area contributed by atoms with Gasteiger partial charge in [0.25, 0.3) is 0 Å². The van der Waals surface area contributed by atoms with Gasteiger partial charge >= 0.3 is 0 Å². The van der Waals surface area contributed by atoms with Crippen molar-refractivity contribution in [3.05, 3.63) is 48.2 Å². The predicted molar refractivity (Wildman–Crippen MR) is 84.9 cm³/mol. The number of thiazole rings is 1. The minimum Gasteiger partial charge on any atom is -0.454 e. The lowest BCUT2D eigenvalue weighted by atomic mass is 10.3. The molecule has 0 radical (unpaired) electrons. The van der Waals surface area contributed by atoms with Gasteiger partial charge in [-0.2, -0.15) is 0 Å². The van der Waals surface area contributed by atoms with Crippen molar-refractivity contribution in [1.82, 2.24) is 10.3 Å². The molecule has 1 aromatic carbocycles. The lowest BCUT2D eigenvalue weighted by Crippen LogP contribution is -2.17. The highest BCUT2D eigenvalue weighted by Crippen LogP contribution is 2.31. The summed E-state index contributed by atoms with van der Waals surface area (Å²) >= 11 is 1.65. The average molecular weight is 284 g/mol. The fraction of sp³-hybridized carbons (Fsp3) is 0.188. The number of furan rings is 1. The van der Waals surface area contributed by atoms with Crippen molar-refractivity contribution in [2.24, 2.45) is 0 Å². The molecular formula is C16H16N2OS. The van der Waals surface area contributed by atoms with Gasteiger partial charge < -0.3 is 9.73 Å². The highest BCUT2D eigenvalue weighted by atomic mass is 32.1. The number of rotatable bonds is 4. The standard InChI is InChI=1S/C16H16N2OS/c1-11(17-2)7-8-12-9-10-14(19-12)16-18-13-5-3-4-6-15(13)20-16/h3-11,17H,1-2H3/b8-7+. The van der Waals surface area contributed by atoms with Gasteiger partial charge in [0.2, 0.25) is 0 Å². The predicted octanol–water partition coefficient (Wildman–Crippen LogP) is 4.18. The van der Waals surface area contributed by atoms with Crippen molar-refractivity contribution in [3.63, 3.8) is 0 Å². The molecule has 0 aliphatic carbocycles. The van der Waals surface area contributed by atoms with Crippen molar-refractivity contribution in [2.75, 3.05) is 7.05 Å². The van der Waals surface area contributed by atoms with Crippen LogP contribution >= 0.6 is 11.3 Å². The smallest absolute Gasteiger partial charge is 0.163 e. The molecule has 4 heteroatoms. The van der Waals surface area contributed by atoms with Crippen LogP contribution < -0.4 is 5.32 Å². The summed E-state index contributed by atoms with van der Waals surface area (Å²) < 4.78 is 7.01. The van der Waals surface area contributed by atoms with Crippen LogP contribution in [-0.2, 0) is 0 Å². The first kappa shape index (κ1) is 13.1. The zero-order valence-electron chi connectivity index (χ0n) is 11.5. The lowest BCUT2D eigenvalue weighted by Gasteiger charge is -2.00. The second-order valence-corrected chi connectivity index (χ2v) is 5.66. The van der Waals surface area contributed by atoms with Crippen molar-refractivity contribution < 1.29 is 4.42 Å².